The molecule has 1 amide bonds. The number of alkyl halides is 6. The zero-order chi connectivity index (χ0) is 24.2. The Labute approximate surface area is 182 Å². The van der Waals surface area contributed by atoms with Gasteiger partial charge in [0.05, 0.1) is 17.8 Å². The summed E-state index contributed by atoms with van der Waals surface area (Å²) in [6.45, 7) is 1.37. The number of nitrogens with one attached hydrogen (secondary N) is 2. The van der Waals surface area contributed by atoms with E-state index < -0.39 is 29.0 Å². The van der Waals surface area contributed by atoms with E-state index in [4.69, 9.17) is 0 Å². The molecule has 3 rings (SSSR count). The Morgan fingerprint density at radius 3 is 2.24 bits per heavy atom. The summed E-state index contributed by atoms with van der Waals surface area (Å²) in [6.07, 6.45) is -7.84. The highest BCUT2D eigenvalue weighted by Crippen LogP contribution is 2.28. The first-order valence-corrected chi connectivity index (χ1v) is 9.73. The number of aromatic amines is 1. The van der Waals surface area contributed by atoms with Gasteiger partial charge >= 0.3 is 12.4 Å². The summed E-state index contributed by atoms with van der Waals surface area (Å²) in [4.78, 5) is 34.2. The third-order valence-electron chi connectivity index (χ3n) is 4.88. The Hall–Kier alpha value is -3.23. The van der Waals surface area contributed by atoms with Crippen LogP contribution in [0.1, 0.15) is 16.8 Å². The number of hydrogen-bond donors (Lipinski definition) is 2. The zero-order valence-electron chi connectivity index (χ0n) is 17.0. The number of piperazine rings is 1. The van der Waals surface area contributed by atoms with Gasteiger partial charge in [-0.25, -0.2) is 15.1 Å². The predicted molar refractivity (Wildman–Crippen MR) is 102 cm³/mol. The van der Waals surface area contributed by atoms with E-state index in [1.54, 1.807) is 14.9 Å². The molecule has 2 aromatic rings. The third-order valence-corrected chi connectivity index (χ3v) is 4.88. The first-order chi connectivity index (χ1) is 15.4. The highest BCUT2D eigenvalue weighted by atomic mass is 19.4. The van der Waals surface area contributed by atoms with Crippen LogP contribution in [-0.2, 0) is 23.6 Å². The molecular formula is C18H19F6N7O2. The van der Waals surface area contributed by atoms with Gasteiger partial charge in [0.25, 0.3) is 5.56 Å². The highest BCUT2D eigenvalue weighted by Gasteiger charge is 2.34. The number of hydrogen-bond acceptors (Lipinski definition) is 7. The van der Waals surface area contributed by atoms with Crippen molar-refractivity contribution >= 4 is 11.9 Å². The number of carbonyl (C=O) groups is 1. The number of aromatic nitrogens is 4. The molecule has 1 saturated heterocycles. The fourth-order valence-electron chi connectivity index (χ4n) is 3.10. The van der Waals surface area contributed by atoms with Crippen molar-refractivity contribution in [2.75, 3.05) is 44.2 Å². The average Bonchev–Trinajstić information content (AvgIpc) is 2.76. The fourth-order valence-corrected chi connectivity index (χ4v) is 3.10. The molecule has 15 heteroatoms. The van der Waals surface area contributed by atoms with Crippen LogP contribution in [0.3, 0.4) is 0 Å². The number of anilines is 1. The molecule has 3 heterocycles. The Kier molecular flexibility index (Phi) is 7.19. The minimum atomic E-state index is -4.79. The molecule has 180 valence electrons. The van der Waals surface area contributed by atoms with Gasteiger partial charge < -0.3 is 15.1 Å². The lowest BCUT2D eigenvalue weighted by atomic mass is 10.2. The molecule has 2 aromatic heterocycles. The van der Waals surface area contributed by atoms with E-state index in [2.05, 4.69) is 20.4 Å². The van der Waals surface area contributed by atoms with Crippen LogP contribution in [-0.4, -0.2) is 70.2 Å². The Morgan fingerprint density at radius 1 is 1.03 bits per heavy atom. The Morgan fingerprint density at radius 2 is 1.67 bits per heavy atom. The number of halogens is 6. The molecule has 0 spiro atoms. The van der Waals surface area contributed by atoms with Gasteiger partial charge in [-0.15, -0.1) is 0 Å². The van der Waals surface area contributed by atoms with Crippen LogP contribution < -0.4 is 15.8 Å². The molecule has 0 atom stereocenters. The summed E-state index contributed by atoms with van der Waals surface area (Å²) in [7, 11) is 0. The van der Waals surface area contributed by atoms with E-state index in [9.17, 15) is 35.9 Å². The number of rotatable bonds is 6. The lowest BCUT2D eigenvalue weighted by molar-refractivity contribution is -0.139. The molecule has 1 fully saturated rings. The summed E-state index contributed by atoms with van der Waals surface area (Å²) >= 11 is 0. The molecule has 0 radical (unpaired) electrons. The van der Waals surface area contributed by atoms with E-state index in [1.165, 1.54) is 0 Å². The van der Waals surface area contributed by atoms with Crippen LogP contribution in [0.2, 0.25) is 0 Å². The Bertz CT molecular complexity index is 1010. The number of amides is 1. The van der Waals surface area contributed by atoms with E-state index in [-0.39, 0.29) is 37.1 Å². The van der Waals surface area contributed by atoms with E-state index >= 15 is 0 Å². The van der Waals surface area contributed by atoms with Crippen molar-refractivity contribution in [2.24, 2.45) is 0 Å². The van der Waals surface area contributed by atoms with Gasteiger partial charge in [0.2, 0.25) is 11.9 Å². The van der Waals surface area contributed by atoms with Gasteiger partial charge in [-0.1, -0.05) is 0 Å². The average molecular weight is 479 g/mol. The molecule has 1 aliphatic rings. The van der Waals surface area contributed by atoms with Gasteiger partial charge in [0.15, 0.2) is 0 Å². The first-order valence-electron chi connectivity index (χ1n) is 9.73. The minimum Gasteiger partial charge on any atom is -0.338 e. The van der Waals surface area contributed by atoms with Crippen molar-refractivity contribution in [1.82, 2.24) is 30.4 Å². The van der Waals surface area contributed by atoms with Gasteiger partial charge in [0.1, 0.15) is 5.56 Å². The maximum Gasteiger partial charge on any atom is 0.421 e. The van der Waals surface area contributed by atoms with Crippen molar-refractivity contribution in [1.29, 1.82) is 0 Å². The maximum absolute atomic E-state index is 12.8. The first kappa shape index (κ1) is 24.4. The molecular weight excluding hydrogens is 460 g/mol. The van der Waals surface area contributed by atoms with Crippen LogP contribution in [0, 0.1) is 0 Å². The van der Waals surface area contributed by atoms with Crippen LogP contribution >= 0.6 is 0 Å². The van der Waals surface area contributed by atoms with Gasteiger partial charge in [-0.05, 0) is 6.07 Å². The quantitative estimate of drug-likeness (QED) is 0.472. The van der Waals surface area contributed by atoms with Crippen LogP contribution in [0.5, 0.6) is 0 Å². The summed E-state index contributed by atoms with van der Waals surface area (Å²) in [6, 6.07) is 0.672. The van der Waals surface area contributed by atoms with Crippen LogP contribution in [0.15, 0.2) is 23.3 Å². The van der Waals surface area contributed by atoms with E-state index in [0.29, 0.717) is 44.6 Å². The summed E-state index contributed by atoms with van der Waals surface area (Å²) in [5, 5.41) is 8.19. The lowest BCUT2D eigenvalue weighted by Gasteiger charge is -2.34. The maximum atomic E-state index is 12.8. The third kappa shape index (κ3) is 6.40. The molecule has 0 aliphatic carbocycles. The summed E-state index contributed by atoms with van der Waals surface area (Å²) < 4.78 is 76.1. The number of H-pyrrole nitrogens is 1. The zero-order valence-corrected chi connectivity index (χ0v) is 17.0. The lowest BCUT2D eigenvalue weighted by Crippen LogP contribution is -2.51. The van der Waals surface area contributed by atoms with Gasteiger partial charge in [0, 0.05) is 51.5 Å². The standard InChI is InChI=1S/C18H19F6N7O2/c19-17(20,21)11-8-26-16(27-9-11)31-5-3-30(4-6-31)14(32)10-25-2-1-12-7-13(18(22,23)24)15(33)29-28-12/h7-9,25H,1-6,10H2,(H,29,33). The van der Waals surface area contributed by atoms with Crippen molar-refractivity contribution < 1.29 is 31.1 Å². The number of nitrogens with zero attached hydrogens (tertiary/aromatic N) is 5. The molecule has 0 saturated carbocycles. The SMILES string of the molecule is O=C(CNCCc1cc(C(F)(F)F)c(=O)[nH]n1)N1CCN(c2ncc(C(F)(F)F)cn2)CC1. The molecule has 1 aliphatic heterocycles. The number of carbonyl (C=O) groups excluding carboxylic acids is 1. The summed E-state index contributed by atoms with van der Waals surface area (Å²) in [5.41, 5.74) is -3.58. The predicted octanol–water partition coefficient (Wildman–Crippen LogP) is 1.08. The van der Waals surface area contributed by atoms with Crippen molar-refractivity contribution in [3.05, 3.63) is 45.6 Å². The molecule has 2 N–H and O–H groups in total. The minimum absolute atomic E-state index is 0.0204. The molecule has 33 heavy (non-hydrogen) atoms. The van der Waals surface area contributed by atoms with Crippen LogP contribution in [0.4, 0.5) is 32.3 Å². The second kappa shape index (κ2) is 9.72. The van der Waals surface area contributed by atoms with Gasteiger partial charge in [-0.3, -0.25) is 9.59 Å². The van der Waals surface area contributed by atoms with E-state index in [0.717, 1.165) is 0 Å². The highest BCUT2D eigenvalue weighted by molar-refractivity contribution is 5.78. The summed E-state index contributed by atoms with van der Waals surface area (Å²) in [5.74, 6) is -0.103. The van der Waals surface area contributed by atoms with Crippen molar-refractivity contribution in [2.45, 2.75) is 18.8 Å². The normalized spacial score (nSPS) is 15.1. The monoisotopic (exact) mass is 479 g/mol. The second-order valence-electron chi connectivity index (χ2n) is 7.16. The van der Waals surface area contributed by atoms with Gasteiger partial charge in [-0.2, -0.15) is 31.4 Å². The van der Waals surface area contributed by atoms with Crippen molar-refractivity contribution in [3.8, 4) is 0 Å². The second-order valence-corrected chi connectivity index (χ2v) is 7.16. The van der Waals surface area contributed by atoms with Crippen LogP contribution in [0.25, 0.3) is 0 Å². The smallest absolute Gasteiger partial charge is 0.338 e. The topological polar surface area (TPSA) is 107 Å². The molecule has 0 aromatic carbocycles. The van der Waals surface area contributed by atoms with Crippen molar-refractivity contribution in [3.63, 3.8) is 0 Å². The molecule has 0 unspecified atom stereocenters. The molecule has 9 nitrogen and oxygen atoms in total. The largest absolute Gasteiger partial charge is 0.421 e. The van der Waals surface area contributed by atoms with E-state index in [1.807, 2.05) is 0 Å². The molecule has 0 bridgehead atoms. The fraction of sp³-hybridized carbons (Fsp3) is 0.500. The Balaban J connectivity index is 1.42.